The van der Waals surface area contributed by atoms with Crippen LogP contribution in [0.15, 0.2) is 18.2 Å². The highest BCUT2D eigenvalue weighted by Crippen LogP contribution is 2.35. The van der Waals surface area contributed by atoms with Gasteiger partial charge in [0.05, 0.1) is 25.2 Å². The average molecular weight is 254 g/mol. The van der Waals surface area contributed by atoms with E-state index in [4.69, 9.17) is 9.47 Å². The van der Waals surface area contributed by atoms with Crippen molar-refractivity contribution < 1.29 is 19.0 Å². The molecule has 0 N–H and O–H groups in total. The maximum Gasteiger partial charge on any atom is 0.330 e. The van der Waals surface area contributed by atoms with Crippen LogP contribution in [0.3, 0.4) is 0 Å². The molecule has 0 amide bonds. The molecule has 1 fully saturated rings. The molecule has 0 bridgehead atoms. The van der Waals surface area contributed by atoms with Crippen LogP contribution in [0.25, 0.3) is 6.08 Å². The number of hydrogen-bond donors (Lipinski definition) is 0. The summed E-state index contributed by atoms with van der Waals surface area (Å²) in [6.07, 6.45) is 3.12. The van der Waals surface area contributed by atoms with Crippen LogP contribution < -0.4 is 0 Å². The summed E-state index contributed by atoms with van der Waals surface area (Å²) >= 11 is 1.54. The van der Waals surface area contributed by atoms with Crippen molar-refractivity contribution in [1.82, 2.24) is 0 Å². The Balaban J connectivity index is 2.10. The average Bonchev–Trinajstić information content (AvgIpc) is 2.95. The van der Waals surface area contributed by atoms with E-state index in [-0.39, 0.29) is 5.97 Å². The number of hydrogen-bond acceptors (Lipinski definition) is 5. The standard InChI is InChI=1S/C12H14O4S/c1-12(15-7-8-16-12)10-5-3-9(17-10)4-6-11(13)14-2/h3-6H,7-8H2,1-2H3. The number of carbonyl (C=O) groups excluding carboxylic acids is 1. The molecule has 1 aromatic heterocycles. The van der Waals surface area contributed by atoms with Gasteiger partial charge in [0.2, 0.25) is 5.79 Å². The predicted molar refractivity (Wildman–Crippen MR) is 64.6 cm³/mol. The molecule has 0 unspecified atom stereocenters. The second kappa shape index (κ2) is 5.00. The van der Waals surface area contributed by atoms with Gasteiger partial charge in [-0.1, -0.05) is 0 Å². The maximum absolute atomic E-state index is 11.0. The topological polar surface area (TPSA) is 44.8 Å². The first-order valence-electron chi connectivity index (χ1n) is 5.28. The van der Waals surface area contributed by atoms with Crippen molar-refractivity contribution in [3.8, 4) is 0 Å². The number of thiophene rings is 1. The van der Waals surface area contributed by atoms with Gasteiger partial charge < -0.3 is 14.2 Å². The molecule has 0 aromatic carbocycles. The van der Waals surface area contributed by atoms with E-state index < -0.39 is 5.79 Å². The first-order valence-corrected chi connectivity index (χ1v) is 6.10. The summed E-state index contributed by atoms with van der Waals surface area (Å²) in [7, 11) is 1.35. The zero-order valence-electron chi connectivity index (χ0n) is 9.76. The number of rotatable bonds is 3. The van der Waals surface area contributed by atoms with Crippen LogP contribution in [0.5, 0.6) is 0 Å². The van der Waals surface area contributed by atoms with Crippen LogP contribution in [0.1, 0.15) is 16.7 Å². The lowest BCUT2D eigenvalue weighted by Crippen LogP contribution is -2.20. The Morgan fingerprint density at radius 3 is 2.82 bits per heavy atom. The molecule has 0 atom stereocenters. The summed E-state index contributed by atoms with van der Waals surface area (Å²) in [6.45, 7) is 3.13. The van der Waals surface area contributed by atoms with Crippen molar-refractivity contribution in [2.75, 3.05) is 20.3 Å². The molecule has 0 aliphatic carbocycles. The van der Waals surface area contributed by atoms with Crippen LogP contribution in [0, 0.1) is 0 Å². The number of esters is 1. The Morgan fingerprint density at radius 1 is 1.47 bits per heavy atom. The molecule has 1 aliphatic heterocycles. The Morgan fingerprint density at radius 2 is 2.18 bits per heavy atom. The second-order valence-corrected chi connectivity index (χ2v) is 4.82. The highest BCUT2D eigenvalue weighted by Gasteiger charge is 2.34. The smallest absolute Gasteiger partial charge is 0.330 e. The van der Waals surface area contributed by atoms with Gasteiger partial charge in [0, 0.05) is 11.0 Å². The molecule has 2 rings (SSSR count). The van der Waals surface area contributed by atoms with Gasteiger partial charge in [-0.25, -0.2) is 4.79 Å². The first kappa shape index (κ1) is 12.3. The van der Waals surface area contributed by atoms with E-state index in [1.807, 2.05) is 19.1 Å². The van der Waals surface area contributed by atoms with Gasteiger partial charge >= 0.3 is 5.97 Å². The fourth-order valence-corrected chi connectivity index (χ4v) is 2.53. The molecule has 0 saturated carbocycles. The van der Waals surface area contributed by atoms with Gasteiger partial charge in [0.15, 0.2) is 0 Å². The summed E-state index contributed by atoms with van der Waals surface area (Å²) < 4.78 is 15.6. The monoisotopic (exact) mass is 254 g/mol. The van der Waals surface area contributed by atoms with Crippen molar-refractivity contribution in [1.29, 1.82) is 0 Å². The van der Waals surface area contributed by atoms with Crippen molar-refractivity contribution in [3.63, 3.8) is 0 Å². The minimum absolute atomic E-state index is 0.362. The molecule has 1 saturated heterocycles. The second-order valence-electron chi connectivity index (χ2n) is 3.70. The lowest BCUT2D eigenvalue weighted by atomic mass is 10.2. The summed E-state index contributed by atoms with van der Waals surface area (Å²) in [5, 5.41) is 0. The zero-order chi connectivity index (χ0) is 12.3. The van der Waals surface area contributed by atoms with Gasteiger partial charge in [-0.3, -0.25) is 0 Å². The Hall–Kier alpha value is -1.17. The number of ether oxygens (including phenoxy) is 3. The molecule has 4 nitrogen and oxygen atoms in total. The fraction of sp³-hybridized carbons (Fsp3) is 0.417. The molecular weight excluding hydrogens is 240 g/mol. The molecule has 1 aromatic rings. The van der Waals surface area contributed by atoms with E-state index in [1.165, 1.54) is 24.5 Å². The Bertz CT molecular complexity index is 429. The molecule has 92 valence electrons. The maximum atomic E-state index is 11.0. The molecule has 0 radical (unpaired) electrons. The first-order chi connectivity index (χ1) is 8.14. The molecular formula is C12H14O4S. The highest BCUT2D eigenvalue weighted by atomic mass is 32.1. The van der Waals surface area contributed by atoms with E-state index in [0.29, 0.717) is 13.2 Å². The molecule has 5 heteroatoms. The van der Waals surface area contributed by atoms with E-state index in [2.05, 4.69) is 4.74 Å². The summed E-state index contributed by atoms with van der Waals surface area (Å²) in [4.78, 5) is 12.9. The summed E-state index contributed by atoms with van der Waals surface area (Å²) in [5.41, 5.74) is 0. The van der Waals surface area contributed by atoms with E-state index in [9.17, 15) is 4.79 Å². The molecule has 1 aliphatic rings. The zero-order valence-corrected chi connectivity index (χ0v) is 10.6. The minimum Gasteiger partial charge on any atom is -0.466 e. The van der Waals surface area contributed by atoms with E-state index in [1.54, 1.807) is 6.08 Å². The van der Waals surface area contributed by atoms with E-state index in [0.717, 1.165) is 9.75 Å². The lowest BCUT2D eigenvalue weighted by Gasteiger charge is -2.20. The van der Waals surface area contributed by atoms with Gasteiger partial charge in [0.1, 0.15) is 0 Å². The normalized spacial score (nSPS) is 18.7. The van der Waals surface area contributed by atoms with Crippen LogP contribution in [0.2, 0.25) is 0 Å². The van der Waals surface area contributed by atoms with Crippen LogP contribution in [0.4, 0.5) is 0 Å². The summed E-state index contributed by atoms with van der Waals surface area (Å²) in [5.74, 6) is -0.998. The van der Waals surface area contributed by atoms with Gasteiger partial charge in [-0.15, -0.1) is 11.3 Å². The third-order valence-electron chi connectivity index (χ3n) is 2.50. The van der Waals surface area contributed by atoms with Crippen molar-refractivity contribution in [2.24, 2.45) is 0 Å². The largest absolute Gasteiger partial charge is 0.466 e. The molecule has 2 heterocycles. The van der Waals surface area contributed by atoms with Gasteiger partial charge in [0.25, 0.3) is 0 Å². The van der Waals surface area contributed by atoms with Crippen molar-refractivity contribution in [3.05, 3.63) is 28.0 Å². The molecule has 0 spiro atoms. The fourth-order valence-electron chi connectivity index (χ4n) is 1.56. The van der Waals surface area contributed by atoms with E-state index >= 15 is 0 Å². The number of carbonyl (C=O) groups is 1. The van der Waals surface area contributed by atoms with Crippen molar-refractivity contribution in [2.45, 2.75) is 12.7 Å². The number of methoxy groups -OCH3 is 1. The van der Waals surface area contributed by atoms with Crippen LogP contribution in [-0.2, 0) is 24.8 Å². The van der Waals surface area contributed by atoms with Crippen LogP contribution >= 0.6 is 11.3 Å². The van der Waals surface area contributed by atoms with Gasteiger partial charge in [-0.2, -0.15) is 0 Å². The highest BCUT2D eigenvalue weighted by molar-refractivity contribution is 7.13. The van der Waals surface area contributed by atoms with Crippen LogP contribution in [-0.4, -0.2) is 26.3 Å². The Kier molecular flexibility index (Phi) is 3.61. The van der Waals surface area contributed by atoms with Gasteiger partial charge in [-0.05, 0) is 25.1 Å². The third-order valence-corrected chi connectivity index (χ3v) is 3.73. The predicted octanol–water partition coefficient (Wildman–Crippen LogP) is 2.15. The SMILES string of the molecule is COC(=O)C=Cc1ccc(C2(C)OCCO2)s1. The summed E-state index contributed by atoms with van der Waals surface area (Å²) in [6, 6.07) is 3.88. The third kappa shape index (κ3) is 2.74. The minimum atomic E-state index is -0.637. The van der Waals surface area contributed by atoms with Crippen molar-refractivity contribution >= 4 is 23.4 Å². The Labute approximate surface area is 104 Å². The molecule has 17 heavy (non-hydrogen) atoms. The lowest BCUT2D eigenvalue weighted by molar-refractivity contribution is -0.146. The quantitative estimate of drug-likeness (QED) is 0.612.